The van der Waals surface area contributed by atoms with Crippen molar-refractivity contribution in [1.29, 1.82) is 0 Å². The molecule has 0 heterocycles. The first kappa shape index (κ1) is 14.5. The number of rotatable bonds is 6. The molecule has 0 radical (unpaired) electrons. The lowest BCUT2D eigenvalue weighted by Gasteiger charge is -2.15. The Balaban J connectivity index is 2.56. The van der Waals surface area contributed by atoms with Crippen LogP contribution in [0.1, 0.15) is 27.2 Å². The molecule has 0 saturated carbocycles. The molecule has 100 valence electrons. The average Bonchev–Trinajstić information content (AvgIpc) is 2.29. The minimum absolute atomic E-state index is 0.0650. The molecule has 0 aliphatic heterocycles. The monoisotopic (exact) mass is 250 g/mol. The maximum absolute atomic E-state index is 11.8. The Kier molecular flexibility index (Phi) is 5.65. The lowest BCUT2D eigenvalue weighted by molar-refractivity contribution is -0.116. The highest BCUT2D eigenvalue weighted by molar-refractivity contribution is 5.91. The van der Waals surface area contributed by atoms with Gasteiger partial charge < -0.3 is 15.8 Å². The van der Waals surface area contributed by atoms with Crippen LogP contribution >= 0.6 is 0 Å². The van der Waals surface area contributed by atoms with Gasteiger partial charge in [-0.3, -0.25) is 4.79 Å². The van der Waals surface area contributed by atoms with Crippen LogP contribution in [0.3, 0.4) is 0 Å². The van der Waals surface area contributed by atoms with Crippen LogP contribution < -0.4 is 15.8 Å². The van der Waals surface area contributed by atoms with Crippen molar-refractivity contribution in [3.8, 4) is 5.75 Å². The van der Waals surface area contributed by atoms with E-state index in [1.165, 1.54) is 0 Å². The first-order chi connectivity index (χ1) is 8.52. The van der Waals surface area contributed by atoms with E-state index in [1.807, 2.05) is 45.0 Å². The van der Waals surface area contributed by atoms with Crippen molar-refractivity contribution in [3.05, 3.63) is 24.3 Å². The van der Waals surface area contributed by atoms with Gasteiger partial charge in [0.1, 0.15) is 5.75 Å². The first-order valence-corrected chi connectivity index (χ1v) is 6.31. The summed E-state index contributed by atoms with van der Waals surface area (Å²) in [7, 11) is 0. The van der Waals surface area contributed by atoms with Gasteiger partial charge in [-0.1, -0.05) is 19.9 Å². The summed E-state index contributed by atoms with van der Waals surface area (Å²) >= 11 is 0. The highest BCUT2D eigenvalue weighted by Crippen LogP contribution is 2.17. The summed E-state index contributed by atoms with van der Waals surface area (Å²) in [5.74, 6) is 0.985. The maximum Gasteiger partial charge on any atom is 0.225 e. The van der Waals surface area contributed by atoms with E-state index < -0.39 is 0 Å². The smallest absolute Gasteiger partial charge is 0.225 e. The molecule has 0 bridgehead atoms. The third-order valence-electron chi connectivity index (χ3n) is 2.71. The Morgan fingerprint density at radius 3 is 2.78 bits per heavy atom. The van der Waals surface area contributed by atoms with Crippen LogP contribution in [0.2, 0.25) is 0 Å². The molecule has 0 fully saturated rings. The molecule has 1 rings (SSSR count). The number of carbonyl (C=O) groups is 1. The van der Waals surface area contributed by atoms with Gasteiger partial charge in [-0.2, -0.15) is 0 Å². The van der Waals surface area contributed by atoms with Crippen LogP contribution in [0.5, 0.6) is 5.75 Å². The fourth-order valence-corrected chi connectivity index (χ4v) is 1.49. The van der Waals surface area contributed by atoms with Gasteiger partial charge >= 0.3 is 0 Å². The summed E-state index contributed by atoms with van der Waals surface area (Å²) in [5, 5.41) is 2.83. The summed E-state index contributed by atoms with van der Waals surface area (Å²) in [4.78, 5) is 11.8. The van der Waals surface area contributed by atoms with E-state index in [-0.39, 0.29) is 11.9 Å². The second-order valence-electron chi connectivity index (χ2n) is 4.62. The molecular weight excluding hydrogens is 228 g/mol. The van der Waals surface area contributed by atoms with Crippen molar-refractivity contribution < 1.29 is 9.53 Å². The van der Waals surface area contributed by atoms with Crippen molar-refractivity contribution in [3.63, 3.8) is 0 Å². The Morgan fingerprint density at radius 1 is 1.44 bits per heavy atom. The van der Waals surface area contributed by atoms with Crippen LogP contribution in [0.25, 0.3) is 0 Å². The normalized spacial score (nSPS) is 12.3. The topological polar surface area (TPSA) is 64.3 Å². The Morgan fingerprint density at radius 2 is 2.17 bits per heavy atom. The predicted octanol–water partition coefficient (Wildman–Crippen LogP) is 2.40. The molecule has 1 amide bonds. The van der Waals surface area contributed by atoms with E-state index in [0.717, 1.165) is 11.4 Å². The summed E-state index contributed by atoms with van der Waals surface area (Å²) in [6.07, 6.45) is 0.330. The van der Waals surface area contributed by atoms with E-state index in [4.69, 9.17) is 10.5 Å². The van der Waals surface area contributed by atoms with Crippen molar-refractivity contribution in [2.45, 2.75) is 33.2 Å². The Bertz CT molecular complexity index is 391. The maximum atomic E-state index is 11.8. The number of nitrogens with two attached hydrogens (primary N) is 1. The van der Waals surface area contributed by atoms with Gasteiger partial charge in [-0.25, -0.2) is 0 Å². The molecule has 1 aromatic carbocycles. The average molecular weight is 250 g/mol. The standard InChI is InChI=1S/C14H22N2O2/c1-4-18-12-7-5-6-11(8-12)16-14(17)9-13(15)10(2)3/h5-8,10,13H,4,9,15H2,1-3H3,(H,16,17). The summed E-state index contributed by atoms with van der Waals surface area (Å²) in [6, 6.07) is 7.24. The molecule has 1 unspecified atom stereocenters. The van der Waals surface area contributed by atoms with Crippen LogP contribution in [0.4, 0.5) is 5.69 Å². The molecular formula is C14H22N2O2. The largest absolute Gasteiger partial charge is 0.494 e. The zero-order chi connectivity index (χ0) is 13.5. The quantitative estimate of drug-likeness (QED) is 0.814. The molecule has 3 N–H and O–H groups in total. The number of carbonyl (C=O) groups excluding carboxylic acids is 1. The zero-order valence-corrected chi connectivity index (χ0v) is 11.3. The minimum Gasteiger partial charge on any atom is -0.494 e. The SMILES string of the molecule is CCOc1cccc(NC(=O)CC(N)C(C)C)c1. The molecule has 18 heavy (non-hydrogen) atoms. The van der Waals surface area contributed by atoms with Gasteiger partial charge in [-0.15, -0.1) is 0 Å². The lowest BCUT2D eigenvalue weighted by Crippen LogP contribution is -2.31. The van der Waals surface area contributed by atoms with E-state index in [2.05, 4.69) is 5.32 Å². The fourth-order valence-electron chi connectivity index (χ4n) is 1.49. The molecule has 4 nitrogen and oxygen atoms in total. The van der Waals surface area contributed by atoms with Gasteiger partial charge in [0.15, 0.2) is 0 Å². The van der Waals surface area contributed by atoms with E-state index in [9.17, 15) is 4.79 Å². The molecule has 0 aromatic heterocycles. The molecule has 4 heteroatoms. The Labute approximate surface area is 109 Å². The van der Waals surface area contributed by atoms with Crippen LogP contribution in [-0.2, 0) is 4.79 Å². The highest BCUT2D eigenvalue weighted by atomic mass is 16.5. The van der Waals surface area contributed by atoms with Gasteiger partial charge in [0.2, 0.25) is 5.91 Å². The molecule has 1 aromatic rings. The summed E-state index contributed by atoms with van der Waals surface area (Å²) in [5.41, 5.74) is 6.60. The number of ether oxygens (including phenoxy) is 1. The number of nitrogens with one attached hydrogen (secondary N) is 1. The zero-order valence-electron chi connectivity index (χ0n) is 11.3. The third-order valence-corrected chi connectivity index (χ3v) is 2.71. The van der Waals surface area contributed by atoms with Crippen molar-refractivity contribution in [2.75, 3.05) is 11.9 Å². The number of hydrogen-bond donors (Lipinski definition) is 2. The third kappa shape index (κ3) is 4.75. The van der Waals surface area contributed by atoms with Gasteiger partial charge in [-0.05, 0) is 25.0 Å². The summed E-state index contributed by atoms with van der Waals surface area (Å²) in [6.45, 7) is 6.55. The Hall–Kier alpha value is -1.55. The number of hydrogen-bond acceptors (Lipinski definition) is 3. The van der Waals surface area contributed by atoms with Gasteiger partial charge in [0, 0.05) is 24.2 Å². The number of amides is 1. The molecule has 1 atom stereocenters. The first-order valence-electron chi connectivity index (χ1n) is 6.31. The molecule has 0 aliphatic carbocycles. The molecule has 0 aliphatic rings. The van der Waals surface area contributed by atoms with E-state index >= 15 is 0 Å². The highest BCUT2D eigenvalue weighted by Gasteiger charge is 2.13. The van der Waals surface area contributed by atoms with Gasteiger partial charge in [0.25, 0.3) is 0 Å². The summed E-state index contributed by atoms with van der Waals surface area (Å²) < 4.78 is 5.37. The lowest BCUT2D eigenvalue weighted by atomic mass is 10.0. The van der Waals surface area contributed by atoms with Crippen molar-refractivity contribution >= 4 is 11.6 Å². The van der Waals surface area contributed by atoms with Crippen molar-refractivity contribution in [1.82, 2.24) is 0 Å². The number of benzene rings is 1. The van der Waals surface area contributed by atoms with Crippen molar-refractivity contribution in [2.24, 2.45) is 11.7 Å². The fraction of sp³-hybridized carbons (Fsp3) is 0.500. The van der Waals surface area contributed by atoms with Crippen LogP contribution in [0, 0.1) is 5.92 Å². The molecule has 0 saturated heterocycles. The predicted molar refractivity (Wildman–Crippen MR) is 73.7 cm³/mol. The second kappa shape index (κ2) is 7.01. The van der Waals surface area contributed by atoms with Gasteiger partial charge in [0.05, 0.1) is 6.61 Å². The molecule has 0 spiro atoms. The van der Waals surface area contributed by atoms with Crippen LogP contribution in [0.15, 0.2) is 24.3 Å². The van der Waals surface area contributed by atoms with E-state index in [1.54, 1.807) is 0 Å². The number of anilines is 1. The second-order valence-corrected chi connectivity index (χ2v) is 4.62. The van der Waals surface area contributed by atoms with Crippen LogP contribution in [-0.4, -0.2) is 18.6 Å². The minimum atomic E-state index is -0.111. The van der Waals surface area contributed by atoms with E-state index in [0.29, 0.717) is 18.9 Å².